The van der Waals surface area contributed by atoms with Crippen molar-refractivity contribution in [1.82, 2.24) is 0 Å². The molecule has 0 aliphatic rings. The Kier molecular flexibility index (Phi) is 4.09. The summed E-state index contributed by atoms with van der Waals surface area (Å²) in [6.45, 7) is -0.817. The topological polar surface area (TPSA) is 9.23 Å². The third-order valence-electron chi connectivity index (χ3n) is 1.84. The summed E-state index contributed by atoms with van der Waals surface area (Å²) in [6.07, 6.45) is -6.58. The van der Waals surface area contributed by atoms with Gasteiger partial charge in [0.1, 0.15) is 11.9 Å². The van der Waals surface area contributed by atoms with Gasteiger partial charge in [0, 0.05) is 6.42 Å². The number of halogens is 5. The molecule has 0 heterocycles. The van der Waals surface area contributed by atoms with Crippen molar-refractivity contribution in [3.8, 4) is 5.75 Å². The third-order valence-corrected chi connectivity index (χ3v) is 1.84. The molecule has 0 radical (unpaired) electrons. The highest BCUT2D eigenvalue weighted by Gasteiger charge is 2.31. The van der Waals surface area contributed by atoms with Gasteiger partial charge >= 0.3 is 6.36 Å². The molecule has 1 unspecified atom stereocenters. The molecule has 0 saturated heterocycles. The summed E-state index contributed by atoms with van der Waals surface area (Å²) in [7, 11) is 0. The molecule has 6 heteroatoms. The van der Waals surface area contributed by atoms with Crippen LogP contribution in [0.5, 0.6) is 5.75 Å². The monoisotopic (exact) mass is 240 g/mol. The van der Waals surface area contributed by atoms with Gasteiger partial charge in [-0.3, -0.25) is 4.39 Å². The van der Waals surface area contributed by atoms with Gasteiger partial charge in [-0.2, -0.15) is 0 Å². The smallest absolute Gasteiger partial charge is 0.406 e. The average molecular weight is 240 g/mol. The van der Waals surface area contributed by atoms with E-state index in [4.69, 9.17) is 0 Å². The fourth-order valence-corrected chi connectivity index (χ4v) is 1.14. The molecule has 0 aliphatic heterocycles. The Balaban J connectivity index is 2.68. The van der Waals surface area contributed by atoms with E-state index in [0.29, 0.717) is 0 Å². The number of hydrogen-bond donors (Lipinski definition) is 0. The quantitative estimate of drug-likeness (QED) is 0.724. The zero-order chi connectivity index (χ0) is 12.2. The Morgan fingerprint density at radius 3 is 2.12 bits per heavy atom. The molecule has 1 rings (SSSR count). The Labute approximate surface area is 88.8 Å². The molecule has 90 valence electrons. The van der Waals surface area contributed by atoms with E-state index in [9.17, 15) is 22.0 Å². The van der Waals surface area contributed by atoms with Crippen molar-refractivity contribution in [2.45, 2.75) is 19.0 Å². The Bertz CT molecular complexity index is 319. The zero-order valence-electron chi connectivity index (χ0n) is 8.10. The lowest BCUT2D eigenvalue weighted by Crippen LogP contribution is -2.17. The summed E-state index contributed by atoms with van der Waals surface area (Å²) in [5, 5.41) is 0. The van der Waals surface area contributed by atoms with E-state index in [0.717, 1.165) is 24.3 Å². The van der Waals surface area contributed by atoms with E-state index in [-0.39, 0.29) is 12.0 Å². The molecule has 1 aromatic rings. The Morgan fingerprint density at radius 2 is 1.69 bits per heavy atom. The van der Waals surface area contributed by atoms with Crippen molar-refractivity contribution in [2.24, 2.45) is 0 Å². The minimum Gasteiger partial charge on any atom is -0.406 e. The SMILES string of the molecule is FCCC(F)c1ccc(OC(F)(F)F)cc1. The van der Waals surface area contributed by atoms with Crippen LogP contribution in [0.4, 0.5) is 22.0 Å². The first-order valence-corrected chi connectivity index (χ1v) is 4.48. The van der Waals surface area contributed by atoms with Gasteiger partial charge in [-0.25, -0.2) is 4.39 Å². The lowest BCUT2D eigenvalue weighted by molar-refractivity contribution is -0.274. The molecular weight excluding hydrogens is 231 g/mol. The molecule has 0 aliphatic carbocycles. The van der Waals surface area contributed by atoms with Crippen LogP contribution in [0, 0.1) is 0 Å². The summed E-state index contributed by atoms with van der Waals surface area (Å²) < 4.78 is 63.8. The van der Waals surface area contributed by atoms with Crippen LogP contribution in [0.1, 0.15) is 18.2 Å². The van der Waals surface area contributed by atoms with Crippen LogP contribution in [0.2, 0.25) is 0 Å². The normalized spacial score (nSPS) is 13.6. The number of rotatable bonds is 4. The number of ether oxygens (including phenoxy) is 1. The third kappa shape index (κ3) is 4.04. The minimum atomic E-state index is -4.77. The average Bonchev–Trinajstić information content (AvgIpc) is 2.16. The first-order valence-electron chi connectivity index (χ1n) is 4.48. The van der Waals surface area contributed by atoms with Crippen LogP contribution in [-0.4, -0.2) is 13.0 Å². The molecule has 0 fully saturated rings. The predicted octanol–water partition coefficient (Wildman–Crippen LogP) is 3.96. The second-order valence-corrected chi connectivity index (χ2v) is 3.06. The Morgan fingerprint density at radius 1 is 1.12 bits per heavy atom. The molecule has 0 amide bonds. The molecule has 0 aromatic heterocycles. The molecule has 0 N–H and O–H groups in total. The lowest BCUT2D eigenvalue weighted by atomic mass is 10.1. The first-order chi connectivity index (χ1) is 7.42. The van der Waals surface area contributed by atoms with Gasteiger partial charge in [-0.05, 0) is 17.7 Å². The van der Waals surface area contributed by atoms with Gasteiger partial charge in [0.2, 0.25) is 0 Å². The van der Waals surface area contributed by atoms with E-state index < -0.39 is 25.0 Å². The molecule has 16 heavy (non-hydrogen) atoms. The van der Waals surface area contributed by atoms with Crippen molar-refractivity contribution in [3.63, 3.8) is 0 Å². The van der Waals surface area contributed by atoms with Crippen LogP contribution in [0.3, 0.4) is 0 Å². The van der Waals surface area contributed by atoms with Crippen LogP contribution in [0.25, 0.3) is 0 Å². The van der Waals surface area contributed by atoms with Gasteiger partial charge in [-0.1, -0.05) is 12.1 Å². The highest BCUT2D eigenvalue weighted by Crippen LogP contribution is 2.26. The van der Waals surface area contributed by atoms with Gasteiger partial charge in [0.05, 0.1) is 6.67 Å². The highest BCUT2D eigenvalue weighted by molar-refractivity contribution is 5.28. The first kappa shape index (κ1) is 12.7. The number of hydrogen-bond acceptors (Lipinski definition) is 1. The van der Waals surface area contributed by atoms with E-state index >= 15 is 0 Å². The maximum atomic E-state index is 13.1. The zero-order valence-corrected chi connectivity index (χ0v) is 8.10. The van der Waals surface area contributed by atoms with Crippen molar-refractivity contribution in [2.75, 3.05) is 6.67 Å². The van der Waals surface area contributed by atoms with Gasteiger partial charge in [-0.15, -0.1) is 13.2 Å². The maximum Gasteiger partial charge on any atom is 0.573 e. The Hall–Kier alpha value is -1.33. The van der Waals surface area contributed by atoms with E-state index in [1.165, 1.54) is 0 Å². The molecule has 1 nitrogen and oxygen atoms in total. The van der Waals surface area contributed by atoms with Crippen molar-refractivity contribution >= 4 is 0 Å². The molecule has 0 spiro atoms. The second kappa shape index (κ2) is 5.14. The predicted molar refractivity (Wildman–Crippen MR) is 47.6 cm³/mol. The largest absolute Gasteiger partial charge is 0.573 e. The van der Waals surface area contributed by atoms with Crippen LogP contribution < -0.4 is 4.74 Å². The van der Waals surface area contributed by atoms with Gasteiger partial charge < -0.3 is 4.74 Å². The number of benzene rings is 1. The van der Waals surface area contributed by atoms with Gasteiger partial charge in [0.25, 0.3) is 0 Å². The van der Waals surface area contributed by atoms with Crippen LogP contribution >= 0.6 is 0 Å². The molecular formula is C10H9F5O. The standard InChI is InChI=1S/C10H9F5O/c11-6-5-9(12)7-1-3-8(4-2-7)16-10(13,14)15/h1-4,9H,5-6H2. The van der Waals surface area contributed by atoms with Crippen molar-refractivity contribution in [3.05, 3.63) is 29.8 Å². The van der Waals surface area contributed by atoms with Crippen LogP contribution in [-0.2, 0) is 0 Å². The summed E-state index contributed by atoms with van der Waals surface area (Å²) in [5.74, 6) is -0.427. The van der Waals surface area contributed by atoms with E-state index in [2.05, 4.69) is 4.74 Å². The fraction of sp³-hybridized carbons (Fsp3) is 0.400. The number of alkyl halides is 5. The lowest BCUT2D eigenvalue weighted by Gasteiger charge is -2.10. The molecule has 0 bridgehead atoms. The summed E-state index contributed by atoms with van der Waals surface area (Å²) in [4.78, 5) is 0. The minimum absolute atomic E-state index is 0.132. The summed E-state index contributed by atoms with van der Waals surface area (Å²) in [5.41, 5.74) is 0.132. The molecule has 1 aromatic carbocycles. The molecule has 1 atom stereocenters. The summed E-state index contributed by atoms with van der Waals surface area (Å²) >= 11 is 0. The maximum absolute atomic E-state index is 13.1. The van der Waals surface area contributed by atoms with Gasteiger partial charge in [0.15, 0.2) is 0 Å². The van der Waals surface area contributed by atoms with Crippen molar-refractivity contribution in [1.29, 1.82) is 0 Å². The molecule has 0 saturated carbocycles. The van der Waals surface area contributed by atoms with Crippen molar-refractivity contribution < 1.29 is 26.7 Å². The highest BCUT2D eigenvalue weighted by atomic mass is 19.4. The van der Waals surface area contributed by atoms with Crippen LogP contribution in [0.15, 0.2) is 24.3 Å². The second-order valence-electron chi connectivity index (χ2n) is 3.06. The van der Waals surface area contributed by atoms with E-state index in [1.807, 2.05) is 0 Å². The van der Waals surface area contributed by atoms with E-state index in [1.54, 1.807) is 0 Å². The summed E-state index contributed by atoms with van der Waals surface area (Å²) in [6, 6.07) is 4.27. The fourth-order valence-electron chi connectivity index (χ4n) is 1.14.